The Kier molecular flexibility index (Phi) is 23.7. The first-order valence-corrected chi connectivity index (χ1v) is 4.77. The molecule has 0 spiro atoms. The summed E-state index contributed by atoms with van der Waals surface area (Å²) >= 11 is 0. The van der Waals surface area contributed by atoms with Crippen LogP contribution in [0, 0.1) is 11.3 Å². The van der Waals surface area contributed by atoms with Gasteiger partial charge in [0.2, 0.25) is 0 Å². The predicted molar refractivity (Wildman–Crippen MR) is 46.1 cm³/mol. The van der Waals surface area contributed by atoms with Crippen molar-refractivity contribution in [2.45, 2.75) is 33.1 Å². The average Bonchev–Trinajstić information content (AvgIpc) is 1.98. The number of hydrogen-bond donors (Lipinski definition) is 0. The molecule has 0 aliphatic rings. The van der Waals surface area contributed by atoms with Gasteiger partial charge in [0, 0.05) is 17.9 Å². The Morgan fingerprint density at radius 2 is 1.21 bits per heavy atom. The summed E-state index contributed by atoms with van der Waals surface area (Å²) in [4.78, 5) is 31.4. The van der Waals surface area contributed by atoms with Crippen molar-refractivity contribution in [3.8, 4) is 0 Å². The molecule has 0 aliphatic carbocycles. The Morgan fingerprint density at radius 3 is 1.42 bits per heavy atom. The molecule has 19 heavy (non-hydrogen) atoms. The molecule has 0 aromatic heterocycles. The number of carboxylic acid groups (broad SMARTS) is 3. The molecule has 1 unspecified atom stereocenters. The Morgan fingerprint density at radius 1 is 0.895 bits per heavy atom. The third-order valence-corrected chi connectivity index (χ3v) is 2.76. The van der Waals surface area contributed by atoms with Gasteiger partial charge in [-0.3, -0.25) is 0 Å². The summed E-state index contributed by atoms with van der Waals surface area (Å²) in [5.41, 5.74) is -1.21. The van der Waals surface area contributed by atoms with E-state index in [2.05, 4.69) is 0 Å². The van der Waals surface area contributed by atoms with Crippen molar-refractivity contribution in [1.29, 1.82) is 0 Å². The fraction of sp³-hybridized carbons (Fsp3) is 0.700. The molecular formula is C10H13K3O6. The van der Waals surface area contributed by atoms with Crippen molar-refractivity contribution in [1.82, 2.24) is 0 Å². The first kappa shape index (κ1) is 30.2. The molecule has 0 N–H and O–H groups in total. The molecule has 0 rings (SSSR count). The van der Waals surface area contributed by atoms with Gasteiger partial charge < -0.3 is 29.7 Å². The summed E-state index contributed by atoms with van der Waals surface area (Å²) in [7, 11) is 0. The van der Waals surface area contributed by atoms with Crippen LogP contribution in [0.2, 0.25) is 0 Å². The maximum absolute atomic E-state index is 10.5. The zero-order valence-electron chi connectivity index (χ0n) is 12.1. The number of carboxylic acids is 3. The minimum atomic E-state index is -1.42. The molecule has 92 valence electrons. The molecule has 1 atom stereocenters. The zero-order valence-corrected chi connectivity index (χ0v) is 21.5. The smallest absolute Gasteiger partial charge is 0.550 e. The van der Waals surface area contributed by atoms with Crippen LogP contribution in [-0.4, -0.2) is 17.9 Å². The number of hydrogen-bond acceptors (Lipinski definition) is 6. The second kappa shape index (κ2) is 14.9. The van der Waals surface area contributed by atoms with Crippen LogP contribution in [-0.2, 0) is 14.4 Å². The average molecular weight is 347 g/mol. The minimum absolute atomic E-state index is 0. The van der Waals surface area contributed by atoms with Crippen LogP contribution in [0.1, 0.15) is 33.1 Å². The molecule has 0 bridgehead atoms. The van der Waals surface area contributed by atoms with Gasteiger partial charge in [0.05, 0.1) is 0 Å². The predicted octanol–water partition coefficient (Wildman–Crippen LogP) is -11.9. The Labute approximate surface area is 240 Å². The summed E-state index contributed by atoms with van der Waals surface area (Å²) in [5.74, 6) is -4.85. The van der Waals surface area contributed by atoms with Crippen LogP contribution >= 0.6 is 0 Å². The van der Waals surface area contributed by atoms with Crippen LogP contribution in [0.5, 0.6) is 0 Å². The van der Waals surface area contributed by atoms with Crippen molar-refractivity contribution in [2.24, 2.45) is 11.3 Å². The van der Waals surface area contributed by atoms with E-state index in [9.17, 15) is 29.7 Å². The number of carbonyl (C=O) groups excluding carboxylic acids is 3. The number of rotatable bonds is 7. The third-order valence-electron chi connectivity index (χ3n) is 2.76. The molecule has 0 fully saturated rings. The molecule has 6 nitrogen and oxygen atoms in total. The Balaban J connectivity index is -0.000000375. The van der Waals surface area contributed by atoms with E-state index < -0.39 is 48.5 Å². The molecule has 0 saturated heterocycles. The summed E-state index contributed by atoms with van der Waals surface area (Å²) in [6.07, 6.45) is -1.47. The molecule has 0 amide bonds. The van der Waals surface area contributed by atoms with Crippen molar-refractivity contribution >= 4 is 17.9 Å². The Bertz CT molecular complexity index is 292. The van der Waals surface area contributed by atoms with Gasteiger partial charge in [0.25, 0.3) is 0 Å². The monoisotopic (exact) mass is 346 g/mol. The molecule has 9 heteroatoms. The van der Waals surface area contributed by atoms with E-state index in [1.807, 2.05) is 0 Å². The van der Waals surface area contributed by atoms with Gasteiger partial charge >= 0.3 is 154 Å². The fourth-order valence-electron chi connectivity index (χ4n) is 1.57. The van der Waals surface area contributed by atoms with Crippen LogP contribution in [0.25, 0.3) is 0 Å². The van der Waals surface area contributed by atoms with Gasteiger partial charge in [-0.25, -0.2) is 0 Å². The van der Waals surface area contributed by atoms with E-state index in [0.717, 1.165) is 0 Å². The molecule has 0 aromatic carbocycles. The minimum Gasteiger partial charge on any atom is -0.550 e. The van der Waals surface area contributed by atoms with Gasteiger partial charge in [0.15, 0.2) is 0 Å². The normalized spacial score (nSPS) is 11.1. The van der Waals surface area contributed by atoms with E-state index in [-0.39, 0.29) is 154 Å². The second-order valence-electron chi connectivity index (χ2n) is 4.23. The van der Waals surface area contributed by atoms with Crippen molar-refractivity contribution in [3.63, 3.8) is 0 Å². The van der Waals surface area contributed by atoms with Crippen LogP contribution < -0.4 is 169 Å². The van der Waals surface area contributed by atoms with Crippen LogP contribution in [0.4, 0.5) is 0 Å². The largest absolute Gasteiger partial charge is 1.00 e. The van der Waals surface area contributed by atoms with E-state index >= 15 is 0 Å². The van der Waals surface area contributed by atoms with Crippen molar-refractivity contribution < 1.29 is 184 Å². The van der Waals surface area contributed by atoms with Gasteiger partial charge in [-0.2, -0.15) is 0 Å². The van der Waals surface area contributed by atoms with Gasteiger partial charge in [-0.1, -0.05) is 13.8 Å². The maximum Gasteiger partial charge on any atom is 1.00 e. The summed E-state index contributed by atoms with van der Waals surface area (Å²) < 4.78 is 0. The second-order valence-corrected chi connectivity index (χ2v) is 4.23. The van der Waals surface area contributed by atoms with Crippen molar-refractivity contribution in [2.75, 3.05) is 0 Å². The van der Waals surface area contributed by atoms with Gasteiger partial charge in [-0.05, 0) is 30.6 Å². The number of carbonyl (C=O) groups is 3. The fourth-order valence-corrected chi connectivity index (χ4v) is 1.57. The number of aliphatic carboxylic acids is 3. The Hall–Kier alpha value is 3.32. The van der Waals surface area contributed by atoms with Gasteiger partial charge in [-0.15, -0.1) is 0 Å². The summed E-state index contributed by atoms with van der Waals surface area (Å²) in [6, 6.07) is 0. The van der Waals surface area contributed by atoms with Crippen LogP contribution in [0.3, 0.4) is 0 Å². The summed E-state index contributed by atoms with van der Waals surface area (Å²) in [5, 5.41) is 31.4. The molecule has 0 radical (unpaired) electrons. The maximum atomic E-state index is 10.5. The first-order chi connectivity index (χ1) is 7.17. The van der Waals surface area contributed by atoms with E-state index in [0.29, 0.717) is 0 Å². The third kappa shape index (κ3) is 14.6. The topological polar surface area (TPSA) is 120 Å². The molecule has 0 saturated carbocycles. The quantitative estimate of drug-likeness (QED) is 0.422. The summed E-state index contributed by atoms with van der Waals surface area (Å²) in [6.45, 7) is 2.84. The van der Waals surface area contributed by atoms with Crippen molar-refractivity contribution in [3.05, 3.63) is 0 Å². The zero-order chi connectivity index (χ0) is 12.9. The molecule has 0 heterocycles. The van der Waals surface area contributed by atoms with E-state index in [1.54, 1.807) is 0 Å². The van der Waals surface area contributed by atoms with Crippen LogP contribution in [0.15, 0.2) is 0 Å². The van der Waals surface area contributed by atoms with E-state index in [4.69, 9.17) is 0 Å². The van der Waals surface area contributed by atoms with E-state index in [1.165, 1.54) is 13.8 Å². The van der Waals surface area contributed by atoms with Gasteiger partial charge in [0.1, 0.15) is 0 Å². The molecule has 0 aromatic rings. The standard InChI is InChI=1S/C10H16O6.3K/c1-6(3-7(11)12)10(2,4-8(13)14)5-9(15)16;;;/h6H,3-5H2,1-2H3,(H,11,12)(H,13,14)(H,15,16);;;/q;3*+1/p-3. The SMILES string of the molecule is CC(CC(=O)[O-])C(C)(CC(=O)[O-])CC(=O)[O-].[K+].[K+].[K+]. The first-order valence-electron chi connectivity index (χ1n) is 4.77. The molecular weight excluding hydrogens is 333 g/mol. The molecule has 0 aliphatic heterocycles.